The maximum atomic E-state index is 12.7. The quantitative estimate of drug-likeness (QED) is 0.676. The summed E-state index contributed by atoms with van der Waals surface area (Å²) in [6.07, 6.45) is 2.64. The number of imide groups is 1. The van der Waals surface area contributed by atoms with E-state index in [-0.39, 0.29) is 24.3 Å². The highest BCUT2D eigenvalue weighted by Gasteiger charge is 2.38. The van der Waals surface area contributed by atoms with Gasteiger partial charge in [-0.05, 0) is 37.5 Å². The lowest BCUT2D eigenvalue weighted by molar-refractivity contribution is -0.134. The number of amides is 4. The topological polar surface area (TPSA) is 78.0 Å². The largest absolute Gasteiger partial charge is 0.341 e. The lowest BCUT2D eigenvalue weighted by Gasteiger charge is -2.24. The van der Waals surface area contributed by atoms with Crippen molar-refractivity contribution in [3.8, 4) is 0 Å². The minimum absolute atomic E-state index is 0.171. The number of carbonyl (C=O) groups excluding carboxylic acids is 4. The van der Waals surface area contributed by atoms with E-state index in [9.17, 15) is 19.2 Å². The van der Waals surface area contributed by atoms with Crippen molar-refractivity contribution >= 4 is 39.6 Å². The average Bonchev–Trinajstić information content (AvgIpc) is 3.48. The SMILES string of the molecule is O=C(CN1C(=O)c2ccc(Br)cc2C1=O)N1CCCN(C(=O)C2CC2)CC1. The number of benzene rings is 1. The first-order valence-corrected chi connectivity index (χ1v) is 9.97. The van der Waals surface area contributed by atoms with Crippen LogP contribution in [-0.2, 0) is 9.59 Å². The Balaban J connectivity index is 1.40. The van der Waals surface area contributed by atoms with E-state index in [0.29, 0.717) is 48.2 Å². The lowest BCUT2D eigenvalue weighted by Crippen LogP contribution is -2.44. The Kier molecular flexibility index (Phi) is 4.75. The lowest BCUT2D eigenvalue weighted by atomic mass is 10.1. The first kappa shape index (κ1) is 18.2. The van der Waals surface area contributed by atoms with E-state index in [1.807, 2.05) is 4.90 Å². The van der Waals surface area contributed by atoms with Crippen LogP contribution >= 0.6 is 15.9 Å². The van der Waals surface area contributed by atoms with Crippen molar-refractivity contribution in [1.82, 2.24) is 14.7 Å². The van der Waals surface area contributed by atoms with Crippen LogP contribution in [0.4, 0.5) is 0 Å². The fourth-order valence-electron chi connectivity index (χ4n) is 3.62. The van der Waals surface area contributed by atoms with Gasteiger partial charge in [-0.3, -0.25) is 24.1 Å². The molecule has 2 heterocycles. The van der Waals surface area contributed by atoms with Gasteiger partial charge >= 0.3 is 0 Å². The molecule has 2 aliphatic heterocycles. The molecule has 0 bridgehead atoms. The molecule has 0 unspecified atom stereocenters. The molecule has 1 saturated heterocycles. The Hall–Kier alpha value is -2.22. The van der Waals surface area contributed by atoms with Gasteiger partial charge in [0.25, 0.3) is 11.8 Å². The maximum Gasteiger partial charge on any atom is 0.262 e. The summed E-state index contributed by atoms with van der Waals surface area (Å²) in [7, 11) is 0. The van der Waals surface area contributed by atoms with Crippen molar-refractivity contribution in [2.75, 3.05) is 32.7 Å². The zero-order valence-corrected chi connectivity index (χ0v) is 16.4. The number of fused-ring (bicyclic) bond motifs is 1. The van der Waals surface area contributed by atoms with Gasteiger partial charge in [-0.15, -0.1) is 0 Å². The Morgan fingerprint density at radius 3 is 2.37 bits per heavy atom. The van der Waals surface area contributed by atoms with Gasteiger partial charge in [0.1, 0.15) is 6.54 Å². The highest BCUT2D eigenvalue weighted by atomic mass is 79.9. The van der Waals surface area contributed by atoms with Gasteiger partial charge in [0.15, 0.2) is 0 Å². The van der Waals surface area contributed by atoms with E-state index in [4.69, 9.17) is 0 Å². The standard InChI is InChI=1S/C19H20BrN3O4/c20-13-4-5-14-15(10-13)19(27)23(18(14)26)11-16(24)21-6-1-7-22(9-8-21)17(25)12-2-3-12/h4-5,10,12H,1-3,6-9,11H2. The summed E-state index contributed by atoms with van der Waals surface area (Å²) in [5.74, 6) is -0.773. The van der Waals surface area contributed by atoms with Gasteiger partial charge in [0, 0.05) is 36.6 Å². The third kappa shape index (κ3) is 3.50. The fraction of sp³-hybridized carbons (Fsp3) is 0.474. The van der Waals surface area contributed by atoms with E-state index < -0.39 is 11.8 Å². The van der Waals surface area contributed by atoms with Gasteiger partial charge < -0.3 is 9.80 Å². The molecular formula is C19H20BrN3O4. The third-order valence-corrected chi connectivity index (χ3v) is 5.81. The van der Waals surface area contributed by atoms with Crippen LogP contribution in [0.3, 0.4) is 0 Å². The molecule has 0 spiro atoms. The monoisotopic (exact) mass is 433 g/mol. The van der Waals surface area contributed by atoms with Gasteiger partial charge in [0.2, 0.25) is 11.8 Å². The van der Waals surface area contributed by atoms with Crippen LogP contribution in [0.1, 0.15) is 40.0 Å². The first-order valence-electron chi connectivity index (χ1n) is 9.18. The Morgan fingerprint density at radius 1 is 0.963 bits per heavy atom. The molecular weight excluding hydrogens is 414 g/mol. The summed E-state index contributed by atoms with van der Waals surface area (Å²) in [5, 5.41) is 0. The van der Waals surface area contributed by atoms with E-state index in [1.54, 1.807) is 23.1 Å². The molecule has 0 aromatic heterocycles. The second-order valence-corrected chi connectivity index (χ2v) is 8.14. The Morgan fingerprint density at radius 2 is 1.63 bits per heavy atom. The van der Waals surface area contributed by atoms with E-state index in [2.05, 4.69) is 15.9 Å². The zero-order chi connectivity index (χ0) is 19.1. The van der Waals surface area contributed by atoms with Crippen LogP contribution in [0.25, 0.3) is 0 Å². The van der Waals surface area contributed by atoms with E-state index in [1.165, 1.54) is 0 Å². The number of rotatable bonds is 3. The minimum atomic E-state index is -0.440. The smallest absolute Gasteiger partial charge is 0.262 e. The van der Waals surface area contributed by atoms with Crippen molar-refractivity contribution in [3.63, 3.8) is 0 Å². The van der Waals surface area contributed by atoms with Crippen LogP contribution < -0.4 is 0 Å². The second kappa shape index (κ2) is 7.07. The van der Waals surface area contributed by atoms with Gasteiger partial charge in [-0.25, -0.2) is 0 Å². The summed E-state index contributed by atoms with van der Waals surface area (Å²) in [6, 6.07) is 4.90. The molecule has 1 aliphatic carbocycles. The molecule has 3 aliphatic rings. The Bertz CT molecular complexity index is 836. The van der Waals surface area contributed by atoms with Crippen LogP contribution in [0.5, 0.6) is 0 Å². The number of halogens is 1. The molecule has 0 atom stereocenters. The van der Waals surface area contributed by atoms with E-state index in [0.717, 1.165) is 17.7 Å². The van der Waals surface area contributed by atoms with Crippen molar-refractivity contribution < 1.29 is 19.2 Å². The van der Waals surface area contributed by atoms with Crippen molar-refractivity contribution in [3.05, 3.63) is 33.8 Å². The van der Waals surface area contributed by atoms with Crippen molar-refractivity contribution in [2.45, 2.75) is 19.3 Å². The minimum Gasteiger partial charge on any atom is -0.341 e. The molecule has 8 heteroatoms. The summed E-state index contributed by atoms with van der Waals surface area (Å²) >= 11 is 3.30. The fourth-order valence-corrected chi connectivity index (χ4v) is 3.98. The molecule has 1 saturated carbocycles. The maximum absolute atomic E-state index is 12.7. The van der Waals surface area contributed by atoms with Crippen LogP contribution in [0.15, 0.2) is 22.7 Å². The molecule has 2 fully saturated rings. The molecule has 142 valence electrons. The van der Waals surface area contributed by atoms with Crippen molar-refractivity contribution in [1.29, 1.82) is 0 Å². The number of carbonyl (C=O) groups is 4. The highest BCUT2D eigenvalue weighted by Crippen LogP contribution is 2.31. The molecule has 0 N–H and O–H groups in total. The molecule has 4 rings (SSSR count). The van der Waals surface area contributed by atoms with E-state index >= 15 is 0 Å². The van der Waals surface area contributed by atoms with Gasteiger partial charge in [0.05, 0.1) is 11.1 Å². The number of hydrogen-bond donors (Lipinski definition) is 0. The highest BCUT2D eigenvalue weighted by molar-refractivity contribution is 9.10. The zero-order valence-electron chi connectivity index (χ0n) is 14.8. The number of hydrogen-bond acceptors (Lipinski definition) is 4. The second-order valence-electron chi connectivity index (χ2n) is 7.22. The normalized spacial score (nSPS) is 20.0. The predicted molar refractivity (Wildman–Crippen MR) is 100 cm³/mol. The van der Waals surface area contributed by atoms with Gasteiger partial charge in [-0.1, -0.05) is 15.9 Å². The Labute approximate surface area is 165 Å². The average molecular weight is 434 g/mol. The first-order chi connectivity index (χ1) is 13.0. The van der Waals surface area contributed by atoms with Crippen LogP contribution in [0, 0.1) is 5.92 Å². The molecule has 0 radical (unpaired) electrons. The van der Waals surface area contributed by atoms with Gasteiger partial charge in [-0.2, -0.15) is 0 Å². The predicted octanol–water partition coefficient (Wildman–Crippen LogP) is 1.52. The van der Waals surface area contributed by atoms with Crippen molar-refractivity contribution in [2.24, 2.45) is 5.92 Å². The summed E-state index contributed by atoms with van der Waals surface area (Å²) in [5.41, 5.74) is 0.646. The molecule has 4 amide bonds. The molecule has 1 aromatic carbocycles. The summed E-state index contributed by atoms with van der Waals surface area (Å²) in [6.45, 7) is 1.87. The summed E-state index contributed by atoms with van der Waals surface area (Å²) < 4.78 is 0.712. The molecule has 1 aromatic rings. The molecule has 7 nitrogen and oxygen atoms in total. The van der Waals surface area contributed by atoms with Crippen LogP contribution in [0.2, 0.25) is 0 Å². The number of nitrogens with zero attached hydrogens (tertiary/aromatic N) is 3. The van der Waals surface area contributed by atoms with Crippen LogP contribution in [-0.4, -0.2) is 71.1 Å². The molecule has 27 heavy (non-hydrogen) atoms. The summed E-state index contributed by atoms with van der Waals surface area (Å²) in [4.78, 5) is 54.5. The third-order valence-electron chi connectivity index (χ3n) is 5.31.